The first-order valence-corrected chi connectivity index (χ1v) is 8.33. The van der Waals surface area contributed by atoms with E-state index in [1.54, 1.807) is 0 Å². The highest BCUT2D eigenvalue weighted by atomic mass is 79.9. The van der Waals surface area contributed by atoms with Crippen molar-refractivity contribution in [3.05, 3.63) is 22.2 Å². The molecule has 1 aromatic rings. The van der Waals surface area contributed by atoms with Crippen LogP contribution in [0, 0.1) is 5.92 Å². The van der Waals surface area contributed by atoms with Crippen molar-refractivity contribution in [3.63, 3.8) is 0 Å². The van der Waals surface area contributed by atoms with Crippen LogP contribution in [0.4, 0.5) is 0 Å². The van der Waals surface area contributed by atoms with E-state index in [0.717, 1.165) is 41.5 Å². The lowest BCUT2D eigenvalue weighted by molar-refractivity contribution is 0.265. The summed E-state index contributed by atoms with van der Waals surface area (Å²) < 4.78 is 12.7. The van der Waals surface area contributed by atoms with Gasteiger partial charge in [-0.25, -0.2) is 0 Å². The van der Waals surface area contributed by atoms with Gasteiger partial charge in [0.25, 0.3) is 0 Å². The van der Waals surface area contributed by atoms with Crippen LogP contribution in [0.3, 0.4) is 0 Å². The average Bonchev–Trinajstić information content (AvgIpc) is 2.62. The van der Waals surface area contributed by atoms with E-state index in [1.165, 1.54) is 31.2 Å². The van der Waals surface area contributed by atoms with Crippen molar-refractivity contribution < 1.29 is 9.47 Å². The van der Waals surface area contributed by atoms with Crippen LogP contribution in [0.25, 0.3) is 0 Å². The molecule has 20 heavy (non-hydrogen) atoms. The maximum atomic E-state index is 5.81. The summed E-state index contributed by atoms with van der Waals surface area (Å²) in [5.74, 6) is 2.61. The van der Waals surface area contributed by atoms with Gasteiger partial charge in [0.1, 0.15) is 0 Å². The largest absolute Gasteiger partial charge is 0.490 e. The molecule has 0 aromatic heterocycles. The minimum Gasteiger partial charge on any atom is -0.490 e. The summed E-state index contributed by atoms with van der Waals surface area (Å²) in [5.41, 5.74) is 1.28. The van der Waals surface area contributed by atoms with Crippen molar-refractivity contribution in [2.45, 2.75) is 38.1 Å². The van der Waals surface area contributed by atoms with Gasteiger partial charge in [0.2, 0.25) is 0 Å². The monoisotopic (exact) mass is 339 g/mol. The molecule has 1 unspecified atom stereocenters. The average molecular weight is 340 g/mol. The molecule has 3 nitrogen and oxygen atoms in total. The van der Waals surface area contributed by atoms with E-state index in [4.69, 9.17) is 9.47 Å². The first-order valence-electron chi connectivity index (χ1n) is 7.54. The summed E-state index contributed by atoms with van der Waals surface area (Å²) in [6.45, 7) is 1.47. The zero-order chi connectivity index (χ0) is 13.9. The Bertz CT molecular complexity index is 474. The van der Waals surface area contributed by atoms with E-state index in [2.05, 4.69) is 33.4 Å². The van der Waals surface area contributed by atoms with E-state index in [0.29, 0.717) is 6.04 Å². The van der Waals surface area contributed by atoms with E-state index >= 15 is 0 Å². The Morgan fingerprint density at radius 3 is 2.50 bits per heavy atom. The highest BCUT2D eigenvalue weighted by molar-refractivity contribution is 9.10. The second kappa shape index (κ2) is 6.35. The fraction of sp³-hybridized carbons (Fsp3) is 0.625. The SMILES string of the molecule is CNC(CC1CCC1)c1cc2c(cc1Br)OCCCO2. The molecule has 2 aliphatic rings. The molecule has 1 heterocycles. The molecule has 1 aliphatic heterocycles. The molecule has 1 fully saturated rings. The number of hydrogen-bond donors (Lipinski definition) is 1. The molecule has 1 N–H and O–H groups in total. The van der Waals surface area contributed by atoms with Gasteiger partial charge in [0.05, 0.1) is 13.2 Å². The van der Waals surface area contributed by atoms with Crippen LogP contribution in [0.2, 0.25) is 0 Å². The normalized spacial score (nSPS) is 20.1. The lowest BCUT2D eigenvalue weighted by atomic mass is 9.79. The van der Waals surface area contributed by atoms with Gasteiger partial charge in [0, 0.05) is 16.9 Å². The molecule has 0 bridgehead atoms. The lowest BCUT2D eigenvalue weighted by Gasteiger charge is -2.30. The van der Waals surface area contributed by atoms with Gasteiger partial charge in [-0.15, -0.1) is 0 Å². The minimum absolute atomic E-state index is 0.381. The third-order valence-electron chi connectivity index (χ3n) is 4.38. The molecule has 3 rings (SSSR count). The molecule has 4 heteroatoms. The zero-order valence-corrected chi connectivity index (χ0v) is 13.5. The lowest BCUT2D eigenvalue weighted by Crippen LogP contribution is -2.23. The fourth-order valence-electron chi connectivity index (χ4n) is 2.93. The summed E-state index contributed by atoms with van der Waals surface area (Å²) in [5, 5.41) is 3.45. The number of fused-ring (bicyclic) bond motifs is 1. The molecule has 1 atom stereocenters. The Kier molecular flexibility index (Phi) is 4.51. The molecule has 0 amide bonds. The zero-order valence-electron chi connectivity index (χ0n) is 12.0. The predicted molar refractivity (Wildman–Crippen MR) is 83.5 cm³/mol. The van der Waals surface area contributed by atoms with Gasteiger partial charge in [-0.1, -0.05) is 35.2 Å². The minimum atomic E-state index is 0.381. The Morgan fingerprint density at radius 1 is 1.20 bits per heavy atom. The van der Waals surface area contributed by atoms with Crippen molar-refractivity contribution in [2.75, 3.05) is 20.3 Å². The third kappa shape index (κ3) is 2.96. The first kappa shape index (κ1) is 14.2. The van der Waals surface area contributed by atoms with Crippen molar-refractivity contribution in [1.82, 2.24) is 5.32 Å². The molecule has 0 saturated heterocycles. The quantitative estimate of drug-likeness (QED) is 0.897. The molecule has 0 spiro atoms. The van der Waals surface area contributed by atoms with Crippen molar-refractivity contribution in [1.29, 1.82) is 0 Å². The number of benzene rings is 1. The van der Waals surface area contributed by atoms with Gasteiger partial charge in [-0.2, -0.15) is 0 Å². The number of halogens is 1. The van der Waals surface area contributed by atoms with Crippen molar-refractivity contribution in [3.8, 4) is 11.5 Å². The number of nitrogens with one attached hydrogen (secondary N) is 1. The summed E-state index contributed by atoms with van der Waals surface area (Å²) >= 11 is 3.70. The summed E-state index contributed by atoms with van der Waals surface area (Å²) in [7, 11) is 2.04. The van der Waals surface area contributed by atoms with Gasteiger partial charge in [-0.05, 0) is 37.1 Å². The number of rotatable bonds is 4. The summed E-state index contributed by atoms with van der Waals surface area (Å²) in [6.07, 6.45) is 6.29. The Hall–Kier alpha value is -0.740. The standard InChI is InChI=1S/C16H22BrNO2/c1-18-14(8-11-4-2-5-11)12-9-15-16(10-13(12)17)20-7-3-6-19-15/h9-11,14,18H,2-8H2,1H3. The highest BCUT2D eigenvalue weighted by Gasteiger charge is 2.25. The first-order chi connectivity index (χ1) is 9.78. The maximum Gasteiger partial charge on any atom is 0.162 e. The molecule has 1 aromatic carbocycles. The summed E-state index contributed by atoms with van der Waals surface area (Å²) in [4.78, 5) is 0. The molecule has 0 radical (unpaired) electrons. The molecule has 1 saturated carbocycles. The third-order valence-corrected chi connectivity index (χ3v) is 5.07. The predicted octanol–water partition coefficient (Wildman–Crippen LogP) is 4.06. The van der Waals surface area contributed by atoms with Crippen LogP contribution < -0.4 is 14.8 Å². The van der Waals surface area contributed by atoms with Gasteiger partial charge < -0.3 is 14.8 Å². The second-order valence-corrected chi connectivity index (χ2v) is 6.60. The van der Waals surface area contributed by atoms with E-state index < -0.39 is 0 Å². The summed E-state index contributed by atoms with van der Waals surface area (Å²) in [6, 6.07) is 4.58. The fourth-order valence-corrected chi connectivity index (χ4v) is 3.53. The molecule has 110 valence electrons. The molecule has 1 aliphatic carbocycles. The van der Waals surface area contributed by atoms with Crippen LogP contribution in [0.1, 0.15) is 43.7 Å². The topological polar surface area (TPSA) is 30.5 Å². The van der Waals surface area contributed by atoms with E-state index in [-0.39, 0.29) is 0 Å². The van der Waals surface area contributed by atoms with Crippen LogP contribution in [-0.4, -0.2) is 20.3 Å². The van der Waals surface area contributed by atoms with Gasteiger partial charge in [0.15, 0.2) is 11.5 Å². The van der Waals surface area contributed by atoms with Crippen molar-refractivity contribution in [2.24, 2.45) is 5.92 Å². The second-order valence-electron chi connectivity index (χ2n) is 5.74. The van der Waals surface area contributed by atoms with Crippen LogP contribution in [0.5, 0.6) is 11.5 Å². The smallest absolute Gasteiger partial charge is 0.162 e. The van der Waals surface area contributed by atoms with Crippen LogP contribution in [0.15, 0.2) is 16.6 Å². The Morgan fingerprint density at radius 2 is 1.90 bits per heavy atom. The van der Waals surface area contributed by atoms with Crippen molar-refractivity contribution >= 4 is 15.9 Å². The molecular formula is C16H22BrNO2. The van der Waals surface area contributed by atoms with Gasteiger partial charge in [-0.3, -0.25) is 0 Å². The van der Waals surface area contributed by atoms with Gasteiger partial charge >= 0.3 is 0 Å². The van der Waals surface area contributed by atoms with Crippen LogP contribution >= 0.6 is 15.9 Å². The maximum absolute atomic E-state index is 5.81. The molecular weight excluding hydrogens is 318 g/mol. The Balaban J connectivity index is 1.85. The van der Waals surface area contributed by atoms with E-state index in [9.17, 15) is 0 Å². The van der Waals surface area contributed by atoms with Crippen LogP contribution in [-0.2, 0) is 0 Å². The number of ether oxygens (including phenoxy) is 2. The Labute approximate surface area is 129 Å². The van der Waals surface area contributed by atoms with E-state index in [1.807, 2.05) is 7.05 Å². The number of hydrogen-bond acceptors (Lipinski definition) is 3. The highest BCUT2D eigenvalue weighted by Crippen LogP contribution is 2.41.